The molecule has 0 unspecified atom stereocenters. The molecule has 8 nitrogen and oxygen atoms in total. The van der Waals surface area contributed by atoms with Gasteiger partial charge in [-0.05, 0) is 24.3 Å². The zero-order valence-corrected chi connectivity index (χ0v) is 18.2. The lowest BCUT2D eigenvalue weighted by Crippen LogP contribution is -2.48. The Morgan fingerprint density at radius 2 is 1.91 bits per heavy atom. The largest absolute Gasteiger partial charge is 0.486 e. The first-order valence-corrected chi connectivity index (χ1v) is 11.3. The van der Waals surface area contributed by atoms with Crippen LogP contribution in [0.1, 0.15) is 22.0 Å². The Morgan fingerprint density at radius 1 is 1.09 bits per heavy atom. The fraction of sp³-hybridized carbons (Fsp3) is 0.261. The highest BCUT2D eigenvalue weighted by atomic mass is 32.1. The number of carbonyl (C=O) groups is 1. The van der Waals surface area contributed by atoms with Crippen molar-refractivity contribution in [2.75, 3.05) is 26.2 Å². The maximum Gasteiger partial charge on any atom is 0.289 e. The summed E-state index contributed by atoms with van der Waals surface area (Å²) in [5.41, 5.74) is 0.691. The van der Waals surface area contributed by atoms with Gasteiger partial charge in [0.1, 0.15) is 18.1 Å². The van der Waals surface area contributed by atoms with Gasteiger partial charge < -0.3 is 14.1 Å². The van der Waals surface area contributed by atoms with E-state index in [4.69, 9.17) is 9.15 Å². The van der Waals surface area contributed by atoms with Crippen LogP contribution in [-0.2, 0) is 13.2 Å². The van der Waals surface area contributed by atoms with Gasteiger partial charge in [-0.3, -0.25) is 18.9 Å². The van der Waals surface area contributed by atoms with Crippen molar-refractivity contribution in [3.8, 4) is 5.75 Å². The average Bonchev–Trinajstić information content (AvgIpc) is 3.48. The predicted molar refractivity (Wildman–Crippen MR) is 120 cm³/mol. The molecule has 4 heterocycles. The van der Waals surface area contributed by atoms with Crippen molar-refractivity contribution in [3.63, 3.8) is 0 Å². The van der Waals surface area contributed by atoms with E-state index in [2.05, 4.69) is 9.88 Å². The van der Waals surface area contributed by atoms with Gasteiger partial charge in [0.15, 0.2) is 10.7 Å². The monoisotopic (exact) mass is 450 g/mol. The van der Waals surface area contributed by atoms with Crippen LogP contribution in [0.15, 0.2) is 69.3 Å². The molecular formula is C23H22N4O4S. The number of amides is 1. The van der Waals surface area contributed by atoms with Gasteiger partial charge in [0.05, 0.1) is 5.69 Å². The second-order valence-corrected chi connectivity index (χ2v) is 8.45. The van der Waals surface area contributed by atoms with Crippen LogP contribution in [0.2, 0.25) is 0 Å². The highest BCUT2D eigenvalue weighted by Crippen LogP contribution is 2.17. The quantitative estimate of drug-likeness (QED) is 0.449. The molecule has 0 saturated carbocycles. The molecule has 164 valence electrons. The molecule has 9 heteroatoms. The Morgan fingerprint density at radius 3 is 2.72 bits per heavy atom. The molecule has 1 aromatic carbocycles. The number of carbonyl (C=O) groups excluding carboxylic acids is 1. The molecule has 4 aromatic rings. The first-order chi connectivity index (χ1) is 15.7. The van der Waals surface area contributed by atoms with Gasteiger partial charge in [-0.1, -0.05) is 18.2 Å². The van der Waals surface area contributed by atoms with Crippen molar-refractivity contribution < 1.29 is 13.9 Å². The number of rotatable bonds is 6. The van der Waals surface area contributed by atoms with Crippen LogP contribution in [-0.4, -0.2) is 51.3 Å². The van der Waals surface area contributed by atoms with Gasteiger partial charge in [0, 0.05) is 50.4 Å². The van der Waals surface area contributed by atoms with Gasteiger partial charge in [-0.15, -0.1) is 11.3 Å². The van der Waals surface area contributed by atoms with Crippen LogP contribution < -0.4 is 10.3 Å². The van der Waals surface area contributed by atoms with Crippen LogP contribution in [0.3, 0.4) is 0 Å². The smallest absolute Gasteiger partial charge is 0.289 e. The zero-order chi connectivity index (χ0) is 21.9. The molecule has 1 amide bonds. The third-order valence-electron chi connectivity index (χ3n) is 5.40. The Kier molecular flexibility index (Phi) is 5.74. The molecule has 1 fully saturated rings. The molecule has 3 aromatic heterocycles. The van der Waals surface area contributed by atoms with Crippen LogP contribution in [0.5, 0.6) is 5.75 Å². The third kappa shape index (κ3) is 4.44. The second kappa shape index (κ2) is 8.97. The molecule has 1 saturated heterocycles. The van der Waals surface area contributed by atoms with Gasteiger partial charge in [-0.2, -0.15) is 0 Å². The van der Waals surface area contributed by atoms with Crippen molar-refractivity contribution in [2.24, 2.45) is 0 Å². The highest BCUT2D eigenvalue weighted by molar-refractivity contribution is 7.15. The number of fused-ring (bicyclic) bond motifs is 1. The normalized spacial score (nSPS) is 14.7. The lowest BCUT2D eigenvalue weighted by molar-refractivity contribution is 0.0593. The molecule has 0 atom stereocenters. The first kappa shape index (κ1) is 20.5. The SMILES string of the molecule is O=C(c1ccc(COc2ccccc2)o1)N1CCN(Cc2cc(=O)n3ccsc3n2)CC1. The number of nitrogens with zero attached hydrogens (tertiary/aromatic N) is 4. The van der Waals surface area contributed by atoms with Gasteiger partial charge in [0.2, 0.25) is 0 Å². The minimum Gasteiger partial charge on any atom is -0.486 e. The number of furan rings is 1. The molecule has 1 aliphatic heterocycles. The number of ether oxygens (including phenoxy) is 1. The van der Waals surface area contributed by atoms with Crippen molar-refractivity contribution in [2.45, 2.75) is 13.2 Å². The fourth-order valence-corrected chi connectivity index (χ4v) is 4.44. The van der Waals surface area contributed by atoms with Crippen LogP contribution in [0.25, 0.3) is 4.96 Å². The summed E-state index contributed by atoms with van der Waals surface area (Å²) in [6.45, 7) is 3.47. The molecular weight excluding hydrogens is 428 g/mol. The van der Waals surface area contributed by atoms with E-state index in [-0.39, 0.29) is 18.1 Å². The van der Waals surface area contributed by atoms with E-state index in [1.807, 2.05) is 35.7 Å². The number of aromatic nitrogens is 2. The van der Waals surface area contributed by atoms with Gasteiger partial charge >= 0.3 is 0 Å². The van der Waals surface area contributed by atoms with Gasteiger partial charge in [-0.25, -0.2) is 4.98 Å². The number of thiazole rings is 1. The Labute approximate surface area is 188 Å². The second-order valence-electron chi connectivity index (χ2n) is 7.58. The summed E-state index contributed by atoms with van der Waals surface area (Å²) in [6, 6.07) is 14.5. The maximum absolute atomic E-state index is 12.8. The van der Waals surface area contributed by atoms with Crippen molar-refractivity contribution in [3.05, 3.63) is 87.7 Å². The standard InChI is InChI=1S/C23H22N4O4S/c28-21-14-17(24-23-27(21)12-13-32-23)15-25-8-10-26(11-9-25)22(29)20-7-6-19(31-20)16-30-18-4-2-1-3-5-18/h1-7,12-14H,8-11,15-16H2. The summed E-state index contributed by atoms with van der Waals surface area (Å²) >= 11 is 1.44. The van der Waals surface area contributed by atoms with E-state index in [0.29, 0.717) is 49.2 Å². The lowest BCUT2D eigenvalue weighted by Gasteiger charge is -2.34. The average molecular weight is 451 g/mol. The molecule has 0 N–H and O–H groups in total. The van der Waals surface area contributed by atoms with E-state index < -0.39 is 0 Å². The summed E-state index contributed by atoms with van der Waals surface area (Å²) in [7, 11) is 0. The minimum absolute atomic E-state index is 0.0649. The number of hydrogen-bond acceptors (Lipinski definition) is 7. The number of hydrogen-bond donors (Lipinski definition) is 0. The van der Waals surface area contributed by atoms with Gasteiger partial charge in [0.25, 0.3) is 11.5 Å². The van der Waals surface area contributed by atoms with Crippen molar-refractivity contribution >= 4 is 22.2 Å². The van der Waals surface area contributed by atoms with Crippen LogP contribution in [0.4, 0.5) is 0 Å². The van der Waals surface area contributed by atoms with Crippen molar-refractivity contribution in [1.29, 1.82) is 0 Å². The van der Waals surface area contributed by atoms with Crippen molar-refractivity contribution in [1.82, 2.24) is 19.2 Å². The Bertz CT molecular complexity index is 1270. The maximum atomic E-state index is 12.8. The number of piperazine rings is 1. The highest BCUT2D eigenvalue weighted by Gasteiger charge is 2.24. The van der Waals surface area contributed by atoms with Crippen LogP contribution >= 0.6 is 11.3 Å². The van der Waals surface area contributed by atoms with E-state index in [1.54, 1.807) is 33.7 Å². The molecule has 0 radical (unpaired) electrons. The summed E-state index contributed by atoms with van der Waals surface area (Å²) in [5.74, 6) is 1.57. The zero-order valence-electron chi connectivity index (χ0n) is 17.3. The fourth-order valence-electron chi connectivity index (χ4n) is 3.70. The van der Waals surface area contributed by atoms with E-state index >= 15 is 0 Å². The Hall–Kier alpha value is -3.43. The summed E-state index contributed by atoms with van der Waals surface area (Å²) < 4.78 is 12.9. The minimum atomic E-state index is -0.119. The molecule has 5 rings (SSSR count). The predicted octanol–water partition coefficient (Wildman–Crippen LogP) is 2.89. The van der Waals surface area contributed by atoms with Crippen LogP contribution in [0, 0.1) is 0 Å². The first-order valence-electron chi connectivity index (χ1n) is 10.4. The topological polar surface area (TPSA) is 80.3 Å². The molecule has 0 aliphatic carbocycles. The molecule has 1 aliphatic rings. The Balaban J connectivity index is 1.15. The number of para-hydroxylation sites is 1. The summed E-state index contributed by atoms with van der Waals surface area (Å²) in [5, 5.41) is 1.85. The lowest BCUT2D eigenvalue weighted by atomic mass is 10.2. The van der Waals surface area contributed by atoms with E-state index in [1.165, 1.54) is 11.3 Å². The molecule has 0 spiro atoms. The van der Waals surface area contributed by atoms with E-state index in [0.717, 1.165) is 11.4 Å². The molecule has 0 bridgehead atoms. The summed E-state index contributed by atoms with van der Waals surface area (Å²) in [6.07, 6.45) is 1.73. The van der Waals surface area contributed by atoms with E-state index in [9.17, 15) is 9.59 Å². The third-order valence-corrected chi connectivity index (χ3v) is 6.15. The summed E-state index contributed by atoms with van der Waals surface area (Å²) in [4.78, 5) is 34.3. The number of benzene rings is 1. The molecule has 32 heavy (non-hydrogen) atoms.